The molecule has 1 rings (SSSR count). The first-order valence-corrected chi connectivity index (χ1v) is 4.29. The van der Waals surface area contributed by atoms with Gasteiger partial charge in [0.25, 0.3) is 0 Å². The molecule has 0 amide bonds. The summed E-state index contributed by atoms with van der Waals surface area (Å²) in [5, 5.41) is 3.12. The number of anilines is 2. The minimum atomic E-state index is 0.000508. The zero-order chi connectivity index (χ0) is 9.84. The summed E-state index contributed by atoms with van der Waals surface area (Å²) < 4.78 is 0. The van der Waals surface area contributed by atoms with Gasteiger partial charge in [-0.3, -0.25) is 4.79 Å². The molecule has 1 aromatic carbocycles. The molecule has 3 N–H and O–H groups in total. The number of carbonyl (C=O) groups is 1. The van der Waals surface area contributed by atoms with E-state index in [1.54, 1.807) is 12.1 Å². The molecule has 0 aliphatic rings. The Morgan fingerprint density at radius 1 is 1.54 bits per heavy atom. The van der Waals surface area contributed by atoms with Crippen LogP contribution in [0.3, 0.4) is 0 Å². The van der Waals surface area contributed by atoms with E-state index in [0.29, 0.717) is 11.3 Å². The lowest BCUT2D eigenvalue weighted by atomic mass is 10.1. The number of Topliss-reactive ketones (excluding diaryl/α,β-unsaturated/α-hetero) is 1. The Labute approximate surface area is 77.9 Å². The van der Waals surface area contributed by atoms with E-state index in [-0.39, 0.29) is 5.78 Å². The molecule has 0 saturated heterocycles. The van der Waals surface area contributed by atoms with Crippen LogP contribution in [-0.4, -0.2) is 12.3 Å². The number of rotatable bonds is 3. The third kappa shape index (κ3) is 2.21. The van der Waals surface area contributed by atoms with Gasteiger partial charge in [-0.15, -0.1) is 0 Å². The van der Waals surface area contributed by atoms with Crippen LogP contribution in [0.15, 0.2) is 18.2 Å². The maximum Gasteiger partial charge on any atom is 0.161 e. The molecule has 0 aliphatic carbocycles. The lowest BCUT2D eigenvalue weighted by Gasteiger charge is -2.06. The summed E-state index contributed by atoms with van der Waals surface area (Å²) in [6.07, 6.45) is 0. The highest BCUT2D eigenvalue weighted by molar-refractivity contribution is 5.99. The molecule has 0 spiro atoms. The van der Waals surface area contributed by atoms with E-state index in [4.69, 9.17) is 5.73 Å². The predicted molar refractivity (Wildman–Crippen MR) is 55.0 cm³/mol. The van der Waals surface area contributed by atoms with Gasteiger partial charge in [0.05, 0.1) is 0 Å². The first kappa shape index (κ1) is 9.58. The van der Waals surface area contributed by atoms with Gasteiger partial charge in [-0.25, -0.2) is 0 Å². The zero-order valence-electron chi connectivity index (χ0n) is 7.92. The first-order chi connectivity index (χ1) is 6.15. The van der Waals surface area contributed by atoms with Crippen LogP contribution in [0.1, 0.15) is 24.2 Å². The highest BCUT2D eigenvalue weighted by atomic mass is 16.1. The molecular weight excluding hydrogens is 164 g/mol. The average molecular weight is 178 g/mol. The maximum atomic E-state index is 11.0. The number of ketones is 1. The van der Waals surface area contributed by atoms with Crippen LogP contribution in [0.4, 0.5) is 11.4 Å². The van der Waals surface area contributed by atoms with Crippen molar-refractivity contribution < 1.29 is 4.79 Å². The number of benzene rings is 1. The summed E-state index contributed by atoms with van der Waals surface area (Å²) >= 11 is 0. The number of nitrogens with one attached hydrogen (secondary N) is 1. The van der Waals surface area contributed by atoms with Crippen molar-refractivity contribution in [3.63, 3.8) is 0 Å². The fourth-order valence-electron chi connectivity index (χ4n) is 1.20. The van der Waals surface area contributed by atoms with E-state index >= 15 is 0 Å². The molecule has 1 aromatic rings. The molecule has 13 heavy (non-hydrogen) atoms. The molecular formula is C10H14N2O. The van der Waals surface area contributed by atoms with Crippen molar-refractivity contribution in [2.45, 2.75) is 13.8 Å². The minimum Gasteiger partial charge on any atom is -0.398 e. The second kappa shape index (κ2) is 3.94. The van der Waals surface area contributed by atoms with E-state index in [1.165, 1.54) is 6.92 Å². The summed E-state index contributed by atoms with van der Waals surface area (Å²) in [7, 11) is 0. The summed E-state index contributed by atoms with van der Waals surface area (Å²) in [5.74, 6) is 0.000508. The standard InChI is InChI=1S/C10H14N2O/c1-3-12-8-4-5-9(7(2)13)10(11)6-8/h4-6,12H,3,11H2,1-2H3. The molecule has 70 valence electrons. The Kier molecular flexibility index (Phi) is 2.90. The largest absolute Gasteiger partial charge is 0.398 e. The zero-order valence-corrected chi connectivity index (χ0v) is 7.92. The summed E-state index contributed by atoms with van der Waals surface area (Å²) in [4.78, 5) is 11.0. The number of nitrogen functional groups attached to an aromatic ring is 1. The highest BCUT2D eigenvalue weighted by Crippen LogP contribution is 2.18. The van der Waals surface area contributed by atoms with Crippen molar-refractivity contribution in [3.8, 4) is 0 Å². The molecule has 0 fully saturated rings. The molecule has 0 bridgehead atoms. The molecule has 3 heteroatoms. The van der Waals surface area contributed by atoms with E-state index in [1.807, 2.05) is 13.0 Å². The van der Waals surface area contributed by atoms with Gasteiger partial charge in [0.2, 0.25) is 0 Å². The first-order valence-electron chi connectivity index (χ1n) is 4.29. The van der Waals surface area contributed by atoms with Gasteiger partial charge in [0.15, 0.2) is 5.78 Å². The van der Waals surface area contributed by atoms with Gasteiger partial charge in [0, 0.05) is 23.5 Å². The van der Waals surface area contributed by atoms with Gasteiger partial charge in [0.1, 0.15) is 0 Å². The van der Waals surface area contributed by atoms with Crippen LogP contribution in [0, 0.1) is 0 Å². The molecule has 3 nitrogen and oxygen atoms in total. The lowest BCUT2D eigenvalue weighted by molar-refractivity contribution is 0.101. The highest BCUT2D eigenvalue weighted by Gasteiger charge is 2.04. The van der Waals surface area contributed by atoms with Crippen molar-refractivity contribution in [2.75, 3.05) is 17.6 Å². The quantitative estimate of drug-likeness (QED) is 0.549. The van der Waals surface area contributed by atoms with Crippen molar-refractivity contribution in [1.29, 1.82) is 0 Å². The summed E-state index contributed by atoms with van der Waals surface area (Å²) in [6, 6.07) is 5.38. The SMILES string of the molecule is CCNc1ccc(C(C)=O)c(N)c1. The fraction of sp³-hybridized carbons (Fsp3) is 0.300. The van der Waals surface area contributed by atoms with Crippen molar-refractivity contribution in [3.05, 3.63) is 23.8 Å². The Hall–Kier alpha value is -1.51. The van der Waals surface area contributed by atoms with Crippen LogP contribution in [0.5, 0.6) is 0 Å². The Morgan fingerprint density at radius 2 is 2.23 bits per heavy atom. The van der Waals surface area contributed by atoms with E-state index in [2.05, 4.69) is 5.32 Å². The van der Waals surface area contributed by atoms with Crippen LogP contribution in [0.2, 0.25) is 0 Å². The van der Waals surface area contributed by atoms with Crippen molar-refractivity contribution in [1.82, 2.24) is 0 Å². The summed E-state index contributed by atoms with van der Waals surface area (Å²) in [5.41, 5.74) is 7.76. The van der Waals surface area contributed by atoms with Crippen LogP contribution in [0.25, 0.3) is 0 Å². The number of carbonyl (C=O) groups excluding carboxylic acids is 1. The number of nitrogens with two attached hydrogens (primary N) is 1. The maximum absolute atomic E-state index is 11.0. The molecule has 0 unspecified atom stereocenters. The van der Waals surface area contributed by atoms with Crippen LogP contribution >= 0.6 is 0 Å². The molecule has 0 saturated carbocycles. The third-order valence-electron chi connectivity index (χ3n) is 1.81. The Morgan fingerprint density at radius 3 is 2.69 bits per heavy atom. The van der Waals surface area contributed by atoms with Gasteiger partial charge in [-0.1, -0.05) is 0 Å². The van der Waals surface area contributed by atoms with Gasteiger partial charge in [-0.2, -0.15) is 0 Å². The Balaban J connectivity index is 2.98. The molecule has 0 radical (unpaired) electrons. The van der Waals surface area contributed by atoms with Gasteiger partial charge in [-0.05, 0) is 32.0 Å². The minimum absolute atomic E-state index is 0.000508. The van der Waals surface area contributed by atoms with E-state index in [0.717, 1.165) is 12.2 Å². The molecule has 0 atom stereocenters. The smallest absolute Gasteiger partial charge is 0.161 e. The van der Waals surface area contributed by atoms with E-state index < -0.39 is 0 Å². The molecule has 0 aromatic heterocycles. The molecule has 0 heterocycles. The monoisotopic (exact) mass is 178 g/mol. The third-order valence-corrected chi connectivity index (χ3v) is 1.81. The van der Waals surface area contributed by atoms with E-state index in [9.17, 15) is 4.79 Å². The Bertz CT molecular complexity index is 321. The van der Waals surface area contributed by atoms with Crippen LogP contribution in [-0.2, 0) is 0 Å². The lowest BCUT2D eigenvalue weighted by Crippen LogP contribution is -2.02. The topological polar surface area (TPSA) is 55.1 Å². The van der Waals surface area contributed by atoms with Gasteiger partial charge >= 0.3 is 0 Å². The second-order valence-corrected chi connectivity index (χ2v) is 2.89. The number of hydrogen-bond donors (Lipinski definition) is 2. The second-order valence-electron chi connectivity index (χ2n) is 2.89. The number of hydrogen-bond acceptors (Lipinski definition) is 3. The van der Waals surface area contributed by atoms with Crippen LogP contribution < -0.4 is 11.1 Å². The van der Waals surface area contributed by atoms with Gasteiger partial charge < -0.3 is 11.1 Å². The predicted octanol–water partition coefficient (Wildman–Crippen LogP) is 1.90. The van der Waals surface area contributed by atoms with Crippen molar-refractivity contribution in [2.24, 2.45) is 0 Å². The normalized spacial score (nSPS) is 9.69. The van der Waals surface area contributed by atoms with Crippen molar-refractivity contribution >= 4 is 17.2 Å². The fourth-order valence-corrected chi connectivity index (χ4v) is 1.20. The average Bonchev–Trinajstić information content (AvgIpc) is 2.04. The summed E-state index contributed by atoms with van der Waals surface area (Å²) in [6.45, 7) is 4.37. The molecule has 0 aliphatic heterocycles.